The largest absolute Gasteiger partial charge is 0.481 e. The second-order valence-corrected chi connectivity index (χ2v) is 16.8. The molecule has 314 valence electrons. The number of ether oxygens (including phenoxy) is 1. The Labute approximate surface area is 355 Å². The van der Waals surface area contributed by atoms with Crippen molar-refractivity contribution < 1.29 is 34.8 Å². The van der Waals surface area contributed by atoms with E-state index in [9.17, 15) is 29.7 Å². The smallest absolute Gasteiger partial charge is 0.308 e. The van der Waals surface area contributed by atoms with Crippen LogP contribution in [0.2, 0.25) is 5.02 Å². The van der Waals surface area contributed by atoms with E-state index in [-0.39, 0.29) is 48.0 Å². The van der Waals surface area contributed by atoms with Crippen molar-refractivity contribution >= 4 is 35.3 Å². The SMILES string of the molecule is CC[C@H](C)C(=O)O[C@H]1C[C@H](O)C=C2C=C[C@H](C)[C@H](CC[C@@H](O)C[C@@H](O)CC(=O)O)[C@H]21.CSc1ccc(-c2nn(Cc3ccccc3)c(=O)cc2-c2ccc(Cl)cc2)cc1. The molecule has 0 saturated heterocycles. The molecule has 4 N–H and O–H groups in total. The Morgan fingerprint density at radius 2 is 1.68 bits per heavy atom. The number of aliphatic hydroxyl groups is 3. The average Bonchev–Trinajstić information content (AvgIpc) is 3.21. The van der Waals surface area contributed by atoms with Crippen molar-refractivity contribution in [3.8, 4) is 22.4 Å². The summed E-state index contributed by atoms with van der Waals surface area (Å²) >= 11 is 7.74. The molecule has 0 radical (unpaired) electrons. The van der Waals surface area contributed by atoms with Crippen molar-refractivity contribution in [2.24, 2.45) is 23.7 Å². The van der Waals surface area contributed by atoms with Gasteiger partial charge in [-0.1, -0.05) is 105 Å². The number of aliphatic carboxylic acids is 1. The Balaban J connectivity index is 0.000000224. The van der Waals surface area contributed by atoms with Gasteiger partial charge in [0.2, 0.25) is 0 Å². The van der Waals surface area contributed by atoms with Crippen LogP contribution in [0.3, 0.4) is 0 Å². The topological polar surface area (TPSA) is 159 Å². The predicted molar refractivity (Wildman–Crippen MR) is 233 cm³/mol. The molecule has 0 aliphatic heterocycles. The summed E-state index contributed by atoms with van der Waals surface area (Å²) in [7, 11) is 0. The molecular formula is C47H55ClN2O8S. The van der Waals surface area contributed by atoms with E-state index in [1.165, 1.54) is 9.58 Å². The number of halogens is 1. The van der Waals surface area contributed by atoms with E-state index < -0.39 is 30.4 Å². The van der Waals surface area contributed by atoms with Crippen molar-refractivity contribution in [3.05, 3.63) is 130 Å². The zero-order valence-corrected chi connectivity index (χ0v) is 35.6. The van der Waals surface area contributed by atoms with Gasteiger partial charge in [-0.15, -0.1) is 11.8 Å². The van der Waals surface area contributed by atoms with Crippen LogP contribution >= 0.6 is 23.4 Å². The van der Waals surface area contributed by atoms with E-state index in [1.807, 2.05) is 99.0 Å². The lowest BCUT2D eigenvalue weighted by Gasteiger charge is -2.43. The minimum absolute atomic E-state index is 0.0156. The molecule has 59 heavy (non-hydrogen) atoms. The van der Waals surface area contributed by atoms with Crippen LogP contribution in [0.5, 0.6) is 0 Å². The van der Waals surface area contributed by atoms with Crippen LogP contribution in [-0.4, -0.2) is 72.8 Å². The molecular weight excluding hydrogens is 788 g/mol. The fourth-order valence-electron chi connectivity index (χ4n) is 7.69. The van der Waals surface area contributed by atoms with E-state index in [0.717, 1.165) is 33.5 Å². The summed E-state index contributed by atoms with van der Waals surface area (Å²) in [6, 6.07) is 27.3. The summed E-state index contributed by atoms with van der Waals surface area (Å²) in [5, 5.41) is 44.5. The predicted octanol–water partition coefficient (Wildman–Crippen LogP) is 8.44. The van der Waals surface area contributed by atoms with Gasteiger partial charge in [-0.2, -0.15) is 5.10 Å². The summed E-state index contributed by atoms with van der Waals surface area (Å²) in [5.74, 6) is -1.31. The minimum atomic E-state index is -1.10. The molecule has 2 aliphatic rings. The third-order valence-corrected chi connectivity index (χ3v) is 12.1. The molecule has 4 aromatic rings. The lowest BCUT2D eigenvalue weighted by Crippen LogP contribution is -2.43. The molecule has 1 heterocycles. The molecule has 1 aromatic heterocycles. The first-order valence-electron chi connectivity index (χ1n) is 20.2. The van der Waals surface area contributed by atoms with Crippen LogP contribution < -0.4 is 5.56 Å². The van der Waals surface area contributed by atoms with E-state index in [2.05, 4.69) is 25.1 Å². The van der Waals surface area contributed by atoms with E-state index >= 15 is 0 Å². The molecule has 8 atom stereocenters. The maximum Gasteiger partial charge on any atom is 0.308 e. The highest BCUT2D eigenvalue weighted by Crippen LogP contribution is 2.44. The highest BCUT2D eigenvalue weighted by Gasteiger charge is 2.42. The quantitative estimate of drug-likeness (QED) is 0.0676. The van der Waals surface area contributed by atoms with Gasteiger partial charge in [-0.3, -0.25) is 14.4 Å². The number of benzene rings is 3. The van der Waals surface area contributed by atoms with Crippen molar-refractivity contribution in [1.29, 1.82) is 0 Å². The maximum absolute atomic E-state index is 12.8. The lowest BCUT2D eigenvalue weighted by atomic mass is 9.66. The molecule has 12 heteroatoms. The van der Waals surface area contributed by atoms with Gasteiger partial charge in [0.05, 0.1) is 42.9 Å². The van der Waals surface area contributed by atoms with Gasteiger partial charge >= 0.3 is 11.9 Å². The van der Waals surface area contributed by atoms with Crippen molar-refractivity contribution in [1.82, 2.24) is 9.78 Å². The monoisotopic (exact) mass is 842 g/mol. The van der Waals surface area contributed by atoms with Gasteiger partial charge in [0.15, 0.2) is 0 Å². The van der Waals surface area contributed by atoms with Gasteiger partial charge < -0.3 is 25.2 Å². The first-order chi connectivity index (χ1) is 28.3. The van der Waals surface area contributed by atoms with Crippen molar-refractivity contribution in [2.45, 2.75) is 95.2 Å². The summed E-state index contributed by atoms with van der Waals surface area (Å²) in [4.78, 5) is 37.1. The number of aromatic nitrogens is 2. The number of hydrogen-bond donors (Lipinski definition) is 4. The highest BCUT2D eigenvalue weighted by molar-refractivity contribution is 7.98. The molecule has 2 aliphatic carbocycles. The normalized spacial score (nSPS) is 21.2. The maximum atomic E-state index is 12.8. The first-order valence-corrected chi connectivity index (χ1v) is 21.8. The number of carboxylic acid groups (broad SMARTS) is 1. The van der Waals surface area contributed by atoms with Gasteiger partial charge in [-0.05, 0) is 84.7 Å². The van der Waals surface area contributed by atoms with Crippen LogP contribution in [0.15, 0.2) is 118 Å². The molecule has 0 bridgehead atoms. The van der Waals surface area contributed by atoms with Gasteiger partial charge in [0, 0.05) is 39.5 Å². The number of hydrogen-bond acceptors (Lipinski definition) is 9. The van der Waals surface area contributed by atoms with Gasteiger partial charge in [0.25, 0.3) is 5.56 Å². The number of allylic oxidation sites excluding steroid dienone is 2. The van der Waals surface area contributed by atoms with E-state index in [1.54, 1.807) is 17.8 Å². The lowest BCUT2D eigenvalue weighted by molar-refractivity contribution is -0.159. The summed E-state index contributed by atoms with van der Waals surface area (Å²) in [5.41, 5.74) is 5.31. The van der Waals surface area contributed by atoms with Crippen molar-refractivity contribution in [2.75, 3.05) is 6.26 Å². The average molecular weight is 843 g/mol. The Hall–Kier alpha value is -4.52. The van der Waals surface area contributed by atoms with Crippen LogP contribution in [0, 0.1) is 23.7 Å². The summed E-state index contributed by atoms with van der Waals surface area (Å²) in [6.07, 6.45) is 6.69. The molecule has 0 spiro atoms. The Kier molecular flexibility index (Phi) is 16.7. The number of carbonyl (C=O) groups is 2. The number of fused-ring (bicyclic) bond motifs is 1. The second kappa shape index (κ2) is 21.7. The molecule has 0 amide bonds. The van der Waals surface area contributed by atoms with Gasteiger partial charge in [0.1, 0.15) is 6.10 Å². The molecule has 0 fully saturated rings. The highest BCUT2D eigenvalue weighted by atomic mass is 35.5. The minimum Gasteiger partial charge on any atom is -0.481 e. The summed E-state index contributed by atoms with van der Waals surface area (Å²) in [6.45, 7) is 6.28. The fourth-order valence-corrected chi connectivity index (χ4v) is 8.23. The number of nitrogens with zero attached hydrogens (tertiary/aromatic N) is 2. The Bertz CT molecular complexity index is 2120. The fraction of sp³-hybridized carbons (Fsp3) is 0.404. The number of carboxylic acids is 1. The number of rotatable bonds is 15. The second-order valence-electron chi connectivity index (χ2n) is 15.5. The van der Waals surface area contributed by atoms with Crippen LogP contribution in [0.4, 0.5) is 0 Å². The number of aliphatic hydroxyl groups excluding tert-OH is 3. The number of thioether (sulfide) groups is 1. The standard InChI is InChI=1S/C24H19ClN2OS.C23H36O7/c1-29-21-13-9-19(10-14-21)24-22(18-7-11-20(25)12-8-18)15-23(28)27(26-24)16-17-5-3-2-4-6-17;1-4-13(2)23(29)30-20-11-17(25)9-15-6-5-14(3)19(22(15)20)8-7-16(24)10-18(26)12-21(27)28/h2-15H,16H2,1H3;5-6,9,13-14,16-20,22,24-26H,4,7-8,10-12H2,1-3H3,(H,27,28)/t;13-,14-,16+,17+,18+,19-,20-,22-/m.0/s1. The van der Waals surface area contributed by atoms with Crippen molar-refractivity contribution in [3.63, 3.8) is 0 Å². The summed E-state index contributed by atoms with van der Waals surface area (Å²) < 4.78 is 7.36. The zero-order valence-electron chi connectivity index (χ0n) is 34.0. The Morgan fingerprint density at radius 1 is 1.00 bits per heavy atom. The first kappa shape index (κ1) is 45.6. The van der Waals surface area contributed by atoms with E-state index in [0.29, 0.717) is 37.3 Å². The molecule has 0 unspecified atom stereocenters. The third-order valence-electron chi connectivity index (χ3n) is 11.1. The van der Waals surface area contributed by atoms with E-state index in [4.69, 9.17) is 26.5 Å². The molecule has 6 rings (SSSR count). The van der Waals surface area contributed by atoms with Gasteiger partial charge in [-0.25, -0.2) is 4.68 Å². The molecule has 3 aromatic carbocycles. The van der Waals surface area contributed by atoms with Crippen LogP contribution in [-0.2, 0) is 20.9 Å². The Morgan fingerprint density at radius 3 is 2.32 bits per heavy atom. The van der Waals surface area contributed by atoms with Crippen LogP contribution in [0.25, 0.3) is 22.4 Å². The molecule has 0 saturated carbocycles. The number of esters is 1. The molecule has 10 nitrogen and oxygen atoms in total. The number of carbonyl (C=O) groups excluding carboxylic acids is 1. The van der Waals surface area contributed by atoms with Crippen LogP contribution in [0.1, 0.15) is 64.9 Å². The zero-order chi connectivity index (χ0) is 42.6. The third kappa shape index (κ3) is 12.7.